The first kappa shape index (κ1) is 10.6. The zero-order valence-electron chi connectivity index (χ0n) is 4.78. The van der Waals surface area contributed by atoms with Gasteiger partial charge in [0, 0.05) is 0 Å². The highest BCUT2D eigenvalue weighted by atomic mass is 127. The van der Waals surface area contributed by atoms with Crippen molar-refractivity contribution in [2.75, 3.05) is 4.43 Å². The van der Waals surface area contributed by atoms with Crippen molar-refractivity contribution in [2.45, 2.75) is 20.3 Å². The van der Waals surface area contributed by atoms with Gasteiger partial charge in [0.05, 0.1) is 0 Å². The van der Waals surface area contributed by atoms with E-state index < -0.39 is 0 Å². The molecule has 2 heteroatoms. The van der Waals surface area contributed by atoms with Crippen molar-refractivity contribution in [1.29, 1.82) is 0 Å². The summed E-state index contributed by atoms with van der Waals surface area (Å²) in [5.74, 6) is 0.891. The van der Waals surface area contributed by atoms with Gasteiger partial charge >= 0.3 is 0 Å². The van der Waals surface area contributed by atoms with Crippen LogP contribution in [-0.4, -0.2) is 4.43 Å². The van der Waals surface area contributed by atoms with Crippen LogP contribution in [0.15, 0.2) is 0 Å². The average molecular weight is 218 g/mol. The van der Waals surface area contributed by atoms with Crippen LogP contribution in [0.1, 0.15) is 20.3 Å². The molecule has 0 saturated heterocycles. The second-order valence-electron chi connectivity index (χ2n) is 1.87. The molecule has 0 aromatic rings. The van der Waals surface area contributed by atoms with Gasteiger partial charge in [0.15, 0.2) is 0 Å². The Morgan fingerprint density at radius 3 is 1.86 bits per heavy atom. The predicted octanol–water partition coefficient (Wildman–Crippen LogP) is 2.62. The molecule has 0 aromatic carbocycles. The molecule has 0 spiro atoms. The Morgan fingerprint density at radius 2 is 1.86 bits per heavy atom. The Kier molecular flexibility index (Phi) is 10.1. The molecule has 0 atom stereocenters. The Morgan fingerprint density at radius 1 is 1.43 bits per heavy atom. The van der Waals surface area contributed by atoms with Crippen LogP contribution in [0.2, 0.25) is 0 Å². The molecule has 0 rings (SSSR count). The lowest BCUT2D eigenvalue weighted by molar-refractivity contribution is 0.637. The molecule has 0 nitrogen and oxygen atoms in total. The average Bonchev–Trinajstić information content (AvgIpc) is 1.35. The summed E-state index contributed by atoms with van der Waals surface area (Å²) >= 11 is 2.40. The van der Waals surface area contributed by atoms with Gasteiger partial charge in [-0.25, -0.2) is 0 Å². The summed E-state index contributed by atoms with van der Waals surface area (Å²) in [7, 11) is 0. The molecule has 0 aliphatic heterocycles. The van der Waals surface area contributed by atoms with Crippen LogP contribution in [0.3, 0.4) is 0 Å². The molecule has 0 amide bonds. The van der Waals surface area contributed by atoms with Crippen LogP contribution in [0.5, 0.6) is 0 Å². The third-order valence-electron chi connectivity index (χ3n) is 0.686. The lowest BCUT2D eigenvalue weighted by Gasteiger charge is -1.94. The summed E-state index contributed by atoms with van der Waals surface area (Å²) in [6, 6.07) is 0. The molecular formula is C5H12FI. The molecule has 46 valence electrons. The standard InChI is InChI=1S/C5H11I.FH/c1-5(2)3-4-6;/h5H,3-4H2,1-2H3;1H. The molecule has 0 bridgehead atoms. The smallest absolute Gasteiger partial charge is 0.000229 e. The highest BCUT2D eigenvalue weighted by Gasteiger charge is 1.86. The van der Waals surface area contributed by atoms with Crippen LogP contribution in [0.4, 0.5) is 4.70 Å². The fourth-order valence-electron chi connectivity index (χ4n) is 0.218. The van der Waals surface area contributed by atoms with Crippen molar-refractivity contribution in [1.82, 2.24) is 0 Å². The molecule has 0 aromatic heterocycles. The molecule has 0 aliphatic carbocycles. The Bertz CT molecular complexity index is 29.3. The van der Waals surface area contributed by atoms with E-state index in [9.17, 15) is 0 Å². The van der Waals surface area contributed by atoms with Crippen LogP contribution < -0.4 is 0 Å². The maximum absolute atomic E-state index is 2.40. The van der Waals surface area contributed by atoms with E-state index in [2.05, 4.69) is 36.4 Å². The fourth-order valence-corrected chi connectivity index (χ4v) is 1.46. The SMILES string of the molecule is CC(C)CCI.F. The maximum Gasteiger partial charge on any atom is -0.000229 e. The summed E-state index contributed by atoms with van der Waals surface area (Å²) in [6.07, 6.45) is 1.36. The lowest BCUT2D eigenvalue weighted by atomic mass is 10.2. The van der Waals surface area contributed by atoms with Gasteiger partial charge in [-0.3, -0.25) is 4.70 Å². The number of hydrogen-bond acceptors (Lipinski definition) is 0. The van der Waals surface area contributed by atoms with E-state index >= 15 is 0 Å². The summed E-state index contributed by atoms with van der Waals surface area (Å²) in [4.78, 5) is 0. The first-order chi connectivity index (χ1) is 2.77. The highest BCUT2D eigenvalue weighted by molar-refractivity contribution is 14.1. The topological polar surface area (TPSA) is 0 Å². The third-order valence-corrected chi connectivity index (χ3v) is 1.31. The van der Waals surface area contributed by atoms with Gasteiger partial charge < -0.3 is 0 Å². The van der Waals surface area contributed by atoms with Gasteiger partial charge in [-0.1, -0.05) is 36.4 Å². The molecule has 0 fully saturated rings. The predicted molar refractivity (Wildman–Crippen MR) is 40.8 cm³/mol. The Labute approximate surface area is 58.2 Å². The van der Waals surface area contributed by atoms with Crippen LogP contribution in [-0.2, 0) is 0 Å². The van der Waals surface area contributed by atoms with Crippen molar-refractivity contribution >= 4 is 22.6 Å². The molecular weight excluding hydrogens is 206 g/mol. The number of hydrogen-bond donors (Lipinski definition) is 0. The molecule has 0 radical (unpaired) electrons. The largest absolute Gasteiger partial charge is 0.269 e. The van der Waals surface area contributed by atoms with Crippen molar-refractivity contribution in [3.05, 3.63) is 0 Å². The lowest BCUT2D eigenvalue weighted by Crippen LogP contribution is -1.84. The molecule has 7 heavy (non-hydrogen) atoms. The Balaban J connectivity index is 0. The normalized spacial score (nSPS) is 8.57. The minimum absolute atomic E-state index is 0. The summed E-state index contributed by atoms with van der Waals surface area (Å²) in [6.45, 7) is 4.50. The van der Waals surface area contributed by atoms with E-state index in [-0.39, 0.29) is 4.70 Å². The molecule has 0 N–H and O–H groups in total. The van der Waals surface area contributed by atoms with Gasteiger partial charge in [0.1, 0.15) is 0 Å². The quantitative estimate of drug-likeness (QED) is 0.493. The van der Waals surface area contributed by atoms with Crippen molar-refractivity contribution in [3.8, 4) is 0 Å². The van der Waals surface area contributed by atoms with Crippen LogP contribution >= 0.6 is 22.6 Å². The minimum atomic E-state index is 0. The van der Waals surface area contributed by atoms with Gasteiger partial charge in [0.2, 0.25) is 0 Å². The minimum Gasteiger partial charge on any atom is -0.269 e. The highest BCUT2D eigenvalue weighted by Crippen LogP contribution is 2.00. The first-order valence-electron chi connectivity index (χ1n) is 2.33. The summed E-state index contributed by atoms with van der Waals surface area (Å²) in [5.41, 5.74) is 0. The zero-order valence-corrected chi connectivity index (χ0v) is 6.94. The van der Waals surface area contributed by atoms with E-state index in [1.54, 1.807) is 0 Å². The van der Waals surface area contributed by atoms with E-state index in [0.717, 1.165) is 5.92 Å². The molecule has 0 saturated carbocycles. The van der Waals surface area contributed by atoms with Crippen LogP contribution in [0.25, 0.3) is 0 Å². The van der Waals surface area contributed by atoms with Crippen molar-refractivity contribution in [2.24, 2.45) is 5.92 Å². The second-order valence-corrected chi connectivity index (χ2v) is 2.95. The monoisotopic (exact) mass is 218 g/mol. The third kappa shape index (κ3) is 10.8. The maximum atomic E-state index is 2.40. The summed E-state index contributed by atoms with van der Waals surface area (Å²) < 4.78 is 1.30. The van der Waals surface area contributed by atoms with Gasteiger partial charge in [-0.15, -0.1) is 0 Å². The second kappa shape index (κ2) is 6.66. The van der Waals surface area contributed by atoms with Gasteiger partial charge in [0.25, 0.3) is 0 Å². The van der Waals surface area contributed by atoms with E-state index in [0.29, 0.717) is 0 Å². The molecule has 0 unspecified atom stereocenters. The van der Waals surface area contributed by atoms with Crippen molar-refractivity contribution < 1.29 is 4.70 Å². The first-order valence-corrected chi connectivity index (χ1v) is 3.86. The van der Waals surface area contributed by atoms with E-state index in [4.69, 9.17) is 0 Å². The fraction of sp³-hybridized carbons (Fsp3) is 1.00. The van der Waals surface area contributed by atoms with Crippen LogP contribution in [0, 0.1) is 5.92 Å². The van der Waals surface area contributed by atoms with Gasteiger partial charge in [-0.2, -0.15) is 0 Å². The number of rotatable bonds is 2. The van der Waals surface area contributed by atoms with E-state index in [1.165, 1.54) is 10.8 Å². The van der Waals surface area contributed by atoms with Gasteiger partial charge in [-0.05, 0) is 16.8 Å². The number of halogens is 2. The summed E-state index contributed by atoms with van der Waals surface area (Å²) in [5, 5.41) is 0. The number of alkyl halides is 1. The molecule has 0 heterocycles. The Hall–Kier alpha value is 0.660. The zero-order chi connectivity index (χ0) is 4.99. The van der Waals surface area contributed by atoms with E-state index in [1.807, 2.05) is 0 Å². The molecule has 0 aliphatic rings. The van der Waals surface area contributed by atoms with Crippen molar-refractivity contribution in [3.63, 3.8) is 0 Å².